The van der Waals surface area contributed by atoms with Gasteiger partial charge in [0, 0.05) is 29.3 Å². The quantitative estimate of drug-likeness (QED) is 0.584. The number of hydrogen-bond donors (Lipinski definition) is 1. The topological polar surface area (TPSA) is 54.6 Å². The van der Waals surface area contributed by atoms with Gasteiger partial charge in [0.15, 0.2) is 0 Å². The summed E-state index contributed by atoms with van der Waals surface area (Å²) in [5.74, 6) is 0.347. The Morgan fingerprint density at radius 2 is 1.97 bits per heavy atom. The van der Waals surface area contributed by atoms with E-state index in [2.05, 4.69) is 4.98 Å². The fraction of sp³-hybridized carbons (Fsp3) is 0.400. The van der Waals surface area contributed by atoms with Gasteiger partial charge in [-0.25, -0.2) is 4.39 Å². The summed E-state index contributed by atoms with van der Waals surface area (Å²) in [4.78, 5) is 17.9. The summed E-state index contributed by atoms with van der Waals surface area (Å²) in [6.45, 7) is 2.91. The number of nitrogens with one attached hydrogen (secondary N) is 1. The van der Waals surface area contributed by atoms with E-state index in [1.54, 1.807) is 12.1 Å². The Morgan fingerprint density at radius 3 is 2.84 bits per heavy atom. The molecule has 0 bridgehead atoms. The van der Waals surface area contributed by atoms with Gasteiger partial charge < -0.3 is 19.4 Å². The zero-order valence-electron chi connectivity index (χ0n) is 17.5. The fourth-order valence-corrected chi connectivity index (χ4v) is 4.77. The molecule has 1 spiro atoms. The van der Waals surface area contributed by atoms with Crippen LogP contribution in [0.25, 0.3) is 10.9 Å². The summed E-state index contributed by atoms with van der Waals surface area (Å²) in [6, 6.07) is 14.8. The average molecular weight is 423 g/mol. The molecule has 0 radical (unpaired) electrons. The number of carbonyl (C=O) groups is 1. The minimum atomic E-state index is -0.225. The SMILES string of the molecule is O=C(Cc1c[nH]c2ccccc12)N1CC2(CC(CCOCc3ccccc3F)CO2)C1. The second kappa shape index (κ2) is 8.44. The second-order valence-electron chi connectivity index (χ2n) is 8.78. The molecule has 2 aliphatic heterocycles. The van der Waals surface area contributed by atoms with Crippen LogP contribution in [0.4, 0.5) is 4.39 Å². The van der Waals surface area contributed by atoms with Gasteiger partial charge in [-0.1, -0.05) is 36.4 Å². The van der Waals surface area contributed by atoms with Gasteiger partial charge in [-0.2, -0.15) is 0 Å². The van der Waals surface area contributed by atoms with Crippen molar-refractivity contribution in [3.63, 3.8) is 0 Å². The van der Waals surface area contributed by atoms with Crippen molar-refractivity contribution >= 4 is 16.8 Å². The molecule has 3 heterocycles. The van der Waals surface area contributed by atoms with E-state index in [4.69, 9.17) is 9.47 Å². The highest BCUT2D eigenvalue weighted by Crippen LogP contribution is 2.39. The number of aromatic nitrogens is 1. The van der Waals surface area contributed by atoms with Gasteiger partial charge in [-0.05, 0) is 36.5 Å². The first-order valence-corrected chi connectivity index (χ1v) is 10.9. The zero-order valence-corrected chi connectivity index (χ0v) is 17.5. The van der Waals surface area contributed by atoms with Gasteiger partial charge in [-0.3, -0.25) is 4.79 Å². The molecule has 1 N–H and O–H groups in total. The van der Waals surface area contributed by atoms with Crippen molar-refractivity contribution in [1.29, 1.82) is 0 Å². The molecule has 6 heteroatoms. The first-order valence-electron chi connectivity index (χ1n) is 10.9. The van der Waals surface area contributed by atoms with E-state index in [9.17, 15) is 9.18 Å². The van der Waals surface area contributed by atoms with Gasteiger partial charge >= 0.3 is 0 Å². The molecule has 5 nitrogen and oxygen atoms in total. The first-order chi connectivity index (χ1) is 15.1. The van der Waals surface area contributed by atoms with Crippen molar-refractivity contribution < 1.29 is 18.7 Å². The van der Waals surface area contributed by atoms with E-state index < -0.39 is 0 Å². The number of benzene rings is 2. The van der Waals surface area contributed by atoms with Crippen LogP contribution in [0.1, 0.15) is 24.0 Å². The van der Waals surface area contributed by atoms with Crippen molar-refractivity contribution in [2.24, 2.45) is 5.92 Å². The van der Waals surface area contributed by atoms with Gasteiger partial charge in [0.1, 0.15) is 11.4 Å². The van der Waals surface area contributed by atoms with E-state index in [0.717, 1.165) is 29.3 Å². The number of para-hydroxylation sites is 1. The molecule has 31 heavy (non-hydrogen) atoms. The fourth-order valence-electron chi connectivity index (χ4n) is 4.77. The maximum Gasteiger partial charge on any atom is 0.227 e. The van der Waals surface area contributed by atoms with Gasteiger partial charge in [0.25, 0.3) is 0 Å². The highest BCUT2D eigenvalue weighted by molar-refractivity contribution is 5.89. The Labute approximate surface area is 181 Å². The third-order valence-electron chi connectivity index (χ3n) is 6.50. The summed E-state index contributed by atoms with van der Waals surface area (Å²) < 4.78 is 25.4. The Morgan fingerprint density at radius 1 is 1.16 bits per heavy atom. The third kappa shape index (κ3) is 4.23. The van der Waals surface area contributed by atoms with Crippen molar-refractivity contribution in [3.8, 4) is 0 Å². The summed E-state index contributed by atoms with van der Waals surface area (Å²) in [5, 5.41) is 1.11. The Hall–Kier alpha value is -2.70. The number of rotatable bonds is 7. The summed E-state index contributed by atoms with van der Waals surface area (Å²) in [6.07, 6.45) is 4.18. The standard InChI is InChI=1S/C25H27FN2O3/c26-22-7-3-1-5-19(22)15-30-10-9-18-12-25(31-14-18)16-28(17-25)24(29)11-20-13-27-23-8-4-2-6-21(20)23/h1-8,13,18,27H,9-12,14-17H2. The number of likely N-dealkylation sites (tertiary alicyclic amines) is 1. The number of hydrogen-bond acceptors (Lipinski definition) is 3. The van der Waals surface area contributed by atoms with Crippen LogP contribution < -0.4 is 0 Å². The van der Waals surface area contributed by atoms with Crippen molar-refractivity contribution in [2.45, 2.75) is 31.5 Å². The van der Waals surface area contributed by atoms with Gasteiger partial charge in [0.05, 0.1) is 32.7 Å². The molecule has 162 valence electrons. The van der Waals surface area contributed by atoms with Gasteiger partial charge in [-0.15, -0.1) is 0 Å². The molecule has 3 aromatic rings. The Kier molecular flexibility index (Phi) is 5.50. The second-order valence-corrected chi connectivity index (χ2v) is 8.78. The van der Waals surface area contributed by atoms with Crippen LogP contribution in [0, 0.1) is 11.7 Å². The van der Waals surface area contributed by atoms with Crippen molar-refractivity contribution in [1.82, 2.24) is 9.88 Å². The summed E-state index contributed by atoms with van der Waals surface area (Å²) in [7, 11) is 0. The lowest BCUT2D eigenvalue weighted by molar-refractivity contribution is -0.157. The largest absolute Gasteiger partial charge is 0.377 e. The minimum absolute atomic E-state index is 0.149. The molecule has 2 aromatic carbocycles. The molecule has 0 saturated carbocycles. The lowest BCUT2D eigenvalue weighted by atomic mass is 9.85. The van der Waals surface area contributed by atoms with Crippen molar-refractivity contribution in [2.75, 3.05) is 26.3 Å². The molecule has 2 aliphatic rings. The normalized spacial score (nSPS) is 19.8. The van der Waals surface area contributed by atoms with Crippen LogP contribution in [0.2, 0.25) is 0 Å². The van der Waals surface area contributed by atoms with Crippen LogP contribution in [-0.2, 0) is 27.3 Å². The monoisotopic (exact) mass is 422 g/mol. The molecule has 2 saturated heterocycles. The van der Waals surface area contributed by atoms with Gasteiger partial charge in [0.2, 0.25) is 5.91 Å². The Balaban J connectivity index is 1.06. The number of carbonyl (C=O) groups excluding carboxylic acids is 1. The maximum atomic E-state index is 13.6. The summed E-state index contributed by atoms with van der Waals surface area (Å²) >= 11 is 0. The number of aromatic amines is 1. The van der Waals surface area contributed by atoms with Crippen LogP contribution in [0.15, 0.2) is 54.7 Å². The first kappa shape index (κ1) is 20.2. The lowest BCUT2D eigenvalue weighted by Gasteiger charge is -2.47. The molecule has 1 amide bonds. The number of H-pyrrole nitrogens is 1. The number of halogens is 1. The van der Waals surface area contributed by atoms with E-state index >= 15 is 0 Å². The maximum absolute atomic E-state index is 13.6. The number of nitrogens with zero attached hydrogens (tertiary/aromatic N) is 1. The molecule has 0 aliphatic carbocycles. The Bertz CT molecular complexity index is 1070. The molecular weight excluding hydrogens is 395 g/mol. The van der Waals surface area contributed by atoms with Crippen LogP contribution in [-0.4, -0.2) is 47.7 Å². The van der Waals surface area contributed by atoms with Crippen molar-refractivity contribution in [3.05, 3.63) is 71.7 Å². The predicted molar refractivity (Wildman–Crippen MR) is 116 cm³/mol. The lowest BCUT2D eigenvalue weighted by Crippen LogP contribution is -2.63. The van der Waals surface area contributed by atoms with E-state index in [-0.39, 0.29) is 17.3 Å². The smallest absolute Gasteiger partial charge is 0.227 e. The molecule has 5 rings (SSSR count). The number of ether oxygens (including phenoxy) is 2. The van der Waals surface area contributed by atoms with E-state index in [1.807, 2.05) is 41.4 Å². The molecule has 2 fully saturated rings. The third-order valence-corrected chi connectivity index (χ3v) is 6.50. The number of amides is 1. The highest BCUT2D eigenvalue weighted by atomic mass is 19.1. The van der Waals surface area contributed by atoms with E-state index in [1.165, 1.54) is 6.07 Å². The minimum Gasteiger partial charge on any atom is -0.377 e. The predicted octanol–water partition coefficient (Wildman–Crippen LogP) is 4.07. The average Bonchev–Trinajstić information content (AvgIpc) is 3.36. The van der Waals surface area contributed by atoms with Crippen LogP contribution >= 0.6 is 0 Å². The summed E-state index contributed by atoms with van der Waals surface area (Å²) in [5.41, 5.74) is 2.50. The number of fused-ring (bicyclic) bond motifs is 1. The molecule has 1 atom stereocenters. The molecule has 1 aromatic heterocycles. The molecular formula is C25H27FN2O3. The van der Waals surface area contributed by atoms with Crippen LogP contribution in [0.5, 0.6) is 0 Å². The van der Waals surface area contributed by atoms with Crippen LogP contribution in [0.3, 0.4) is 0 Å². The highest BCUT2D eigenvalue weighted by Gasteiger charge is 2.50. The molecule has 1 unspecified atom stereocenters. The zero-order chi connectivity index (χ0) is 21.3. The van der Waals surface area contributed by atoms with E-state index in [0.29, 0.717) is 50.8 Å².